The minimum atomic E-state index is -2.18. The number of aromatic nitrogens is 4. The molecule has 15 heteroatoms. The fourth-order valence-electron chi connectivity index (χ4n) is 5.07. The Labute approximate surface area is 275 Å². The zero-order chi connectivity index (χ0) is 34.0. The zero-order valence-electron chi connectivity index (χ0n) is 28.0. The molecule has 0 radical (unpaired) electrons. The van der Waals surface area contributed by atoms with Crippen molar-refractivity contribution in [2.24, 2.45) is 0 Å². The van der Waals surface area contributed by atoms with E-state index >= 15 is 4.39 Å². The minimum Gasteiger partial charge on any atom is -0.444 e. The number of rotatable bonds is 10. The van der Waals surface area contributed by atoms with Gasteiger partial charge in [0.1, 0.15) is 16.8 Å². The van der Waals surface area contributed by atoms with E-state index in [9.17, 15) is 9.59 Å². The lowest BCUT2D eigenvalue weighted by atomic mass is 10.1. The van der Waals surface area contributed by atoms with E-state index in [1.54, 1.807) is 38.8 Å². The Morgan fingerprint density at radius 2 is 1.91 bits per heavy atom. The third-order valence-corrected chi connectivity index (χ3v) is 13.0. The van der Waals surface area contributed by atoms with E-state index in [0.29, 0.717) is 43.8 Å². The van der Waals surface area contributed by atoms with Gasteiger partial charge in [0.25, 0.3) is 5.91 Å². The number of fused-ring (bicyclic) bond motifs is 1. The van der Waals surface area contributed by atoms with Gasteiger partial charge in [-0.3, -0.25) is 9.48 Å². The molecule has 1 saturated heterocycles. The quantitative estimate of drug-likeness (QED) is 0.196. The maximum absolute atomic E-state index is 15.9. The Balaban J connectivity index is 1.81. The number of alkyl carbamates (subject to hydrolysis) is 1. The van der Waals surface area contributed by atoms with Gasteiger partial charge in [-0.2, -0.15) is 5.10 Å². The van der Waals surface area contributed by atoms with Crippen molar-refractivity contribution in [2.75, 3.05) is 37.1 Å². The maximum atomic E-state index is 15.9. The van der Waals surface area contributed by atoms with Gasteiger partial charge in [-0.15, -0.1) is 0 Å². The number of methoxy groups -OCH3 is 1. The number of nitrogens with zero attached hydrogens (tertiary/aromatic N) is 5. The predicted octanol–water partition coefficient (Wildman–Crippen LogP) is 6.01. The summed E-state index contributed by atoms with van der Waals surface area (Å²) < 4.78 is 34.9. The number of benzene rings is 1. The molecule has 1 aromatic carbocycles. The first kappa shape index (κ1) is 35.5. The monoisotopic (exact) mass is 677 g/mol. The molecule has 0 unspecified atom stereocenters. The van der Waals surface area contributed by atoms with E-state index in [2.05, 4.69) is 64.5 Å². The molecule has 1 fully saturated rings. The fraction of sp³-hybridized carbons (Fsp3) is 0.581. The van der Waals surface area contributed by atoms with Gasteiger partial charge in [-0.1, -0.05) is 20.8 Å². The van der Waals surface area contributed by atoms with E-state index < -0.39 is 31.7 Å². The van der Waals surface area contributed by atoms with Crippen molar-refractivity contribution in [1.82, 2.24) is 25.1 Å². The van der Waals surface area contributed by atoms with Gasteiger partial charge < -0.3 is 29.4 Å². The number of halogens is 2. The summed E-state index contributed by atoms with van der Waals surface area (Å²) in [5, 5.41) is 10.7. The SMILES string of the molecule is COCCn1ncc2c(N3C[C@@H](NC(=O)OC(C)(C)C)C[C@H]3CO[Si](C)(C)C(C)(C)C)c(NC(=O)c3ccnc(Cl)n3)cc(F)c21. The largest absolute Gasteiger partial charge is 0.444 e. The van der Waals surface area contributed by atoms with Gasteiger partial charge in [-0.05, 0) is 63.0 Å². The average molecular weight is 678 g/mol. The highest BCUT2D eigenvalue weighted by molar-refractivity contribution is 6.74. The van der Waals surface area contributed by atoms with Crippen LogP contribution in [0.5, 0.6) is 0 Å². The molecule has 2 amide bonds. The molecule has 0 saturated carbocycles. The minimum absolute atomic E-state index is 0.0194. The topological polar surface area (TPSA) is 133 Å². The van der Waals surface area contributed by atoms with Crippen molar-refractivity contribution in [3.8, 4) is 0 Å². The summed E-state index contributed by atoms with van der Waals surface area (Å²) in [6.45, 7) is 17.6. The number of amides is 2. The number of hydrogen-bond donors (Lipinski definition) is 2. The van der Waals surface area contributed by atoms with Crippen molar-refractivity contribution in [1.29, 1.82) is 0 Å². The van der Waals surface area contributed by atoms with Crippen molar-refractivity contribution in [3.63, 3.8) is 0 Å². The lowest BCUT2D eigenvalue weighted by molar-refractivity contribution is 0.0507. The Bertz CT molecular complexity index is 1570. The standard InChI is InChI=1S/C31H45ClFN7O5Si/c1-30(2,3)45-29(42)36-19-14-20(18-44-46(8,9)31(4,5)6)39(17-19)26-21-16-35-40(12-13-43-7)25(21)22(33)15-24(26)37-27(41)23-10-11-34-28(32)38-23/h10-11,15-16,19-20H,12-14,17-18H2,1-9H3,(H,36,42)(H,37,41)/t19-,20-/m0/s1. The highest BCUT2D eigenvalue weighted by Crippen LogP contribution is 2.42. The molecule has 46 heavy (non-hydrogen) atoms. The van der Waals surface area contributed by atoms with Gasteiger partial charge >= 0.3 is 6.09 Å². The molecule has 252 valence electrons. The number of nitrogens with one attached hydrogen (secondary N) is 2. The van der Waals surface area contributed by atoms with Crippen LogP contribution in [0.15, 0.2) is 24.5 Å². The van der Waals surface area contributed by atoms with E-state index in [1.165, 1.54) is 18.3 Å². The third-order valence-electron chi connectivity index (χ3n) is 8.33. The van der Waals surface area contributed by atoms with Crippen molar-refractivity contribution < 1.29 is 27.9 Å². The van der Waals surface area contributed by atoms with Crippen LogP contribution in [0.1, 0.15) is 58.5 Å². The normalized spacial score (nSPS) is 17.4. The summed E-state index contributed by atoms with van der Waals surface area (Å²) in [7, 11) is -0.612. The molecule has 12 nitrogen and oxygen atoms in total. The van der Waals surface area contributed by atoms with Gasteiger partial charge in [0.15, 0.2) is 14.1 Å². The third kappa shape index (κ3) is 8.33. The summed E-state index contributed by atoms with van der Waals surface area (Å²) >= 11 is 5.95. The van der Waals surface area contributed by atoms with E-state index in [0.717, 1.165) is 0 Å². The summed E-state index contributed by atoms with van der Waals surface area (Å²) in [5.41, 5.74) is 0.375. The smallest absolute Gasteiger partial charge is 0.407 e. The maximum Gasteiger partial charge on any atom is 0.407 e. The highest BCUT2D eigenvalue weighted by atomic mass is 35.5. The van der Waals surface area contributed by atoms with Crippen molar-refractivity contribution in [3.05, 3.63) is 41.3 Å². The Morgan fingerprint density at radius 1 is 1.20 bits per heavy atom. The number of hydrogen-bond acceptors (Lipinski definition) is 9. The second-order valence-electron chi connectivity index (χ2n) is 14.0. The van der Waals surface area contributed by atoms with E-state index in [4.69, 9.17) is 25.5 Å². The molecule has 2 N–H and O–H groups in total. The lowest BCUT2D eigenvalue weighted by Crippen LogP contribution is -2.45. The van der Waals surface area contributed by atoms with Crippen LogP contribution < -0.4 is 15.5 Å². The van der Waals surface area contributed by atoms with Crippen LogP contribution in [0.25, 0.3) is 10.9 Å². The van der Waals surface area contributed by atoms with Gasteiger partial charge in [0.2, 0.25) is 5.28 Å². The Hall–Kier alpha value is -3.33. The first-order valence-corrected chi connectivity index (χ1v) is 18.6. The number of carbonyl (C=O) groups excluding carboxylic acids is 2. The molecule has 4 rings (SSSR count). The molecule has 3 heterocycles. The Kier molecular flexibility index (Phi) is 10.7. The molecule has 0 spiro atoms. The number of carbonyl (C=O) groups is 2. The van der Waals surface area contributed by atoms with Crippen LogP contribution >= 0.6 is 11.6 Å². The molecule has 2 aromatic heterocycles. The number of ether oxygens (including phenoxy) is 2. The molecule has 0 bridgehead atoms. The van der Waals surface area contributed by atoms with Crippen LogP contribution in [0.2, 0.25) is 23.4 Å². The summed E-state index contributed by atoms with van der Waals surface area (Å²) in [6, 6.07) is 2.14. The summed E-state index contributed by atoms with van der Waals surface area (Å²) in [6.07, 6.45) is 2.95. The molecule has 3 aromatic rings. The molecule has 1 aliphatic heterocycles. The van der Waals surface area contributed by atoms with Crippen LogP contribution in [0.3, 0.4) is 0 Å². The van der Waals surface area contributed by atoms with Crippen LogP contribution in [-0.2, 0) is 20.4 Å². The van der Waals surface area contributed by atoms with Crippen LogP contribution in [0, 0.1) is 5.82 Å². The second-order valence-corrected chi connectivity index (χ2v) is 19.1. The van der Waals surface area contributed by atoms with Gasteiger partial charge in [0, 0.05) is 31.3 Å². The molecular weight excluding hydrogens is 633 g/mol. The molecular formula is C31H45ClFN7O5Si. The van der Waals surface area contributed by atoms with Gasteiger partial charge in [0.05, 0.1) is 49.4 Å². The fourth-order valence-corrected chi connectivity index (χ4v) is 6.26. The second kappa shape index (κ2) is 13.8. The molecule has 2 atom stereocenters. The molecule has 0 aliphatic carbocycles. The van der Waals surface area contributed by atoms with Gasteiger partial charge in [-0.25, -0.2) is 19.2 Å². The highest BCUT2D eigenvalue weighted by Gasteiger charge is 2.41. The zero-order valence-corrected chi connectivity index (χ0v) is 29.8. The Morgan fingerprint density at radius 3 is 2.54 bits per heavy atom. The van der Waals surface area contributed by atoms with E-state index in [-0.39, 0.29) is 39.3 Å². The number of anilines is 2. The first-order valence-electron chi connectivity index (χ1n) is 15.3. The summed E-state index contributed by atoms with van der Waals surface area (Å²) in [4.78, 5) is 36.1. The van der Waals surface area contributed by atoms with Crippen LogP contribution in [-0.4, -0.2) is 84.6 Å². The lowest BCUT2D eigenvalue weighted by Gasteiger charge is -2.38. The van der Waals surface area contributed by atoms with Crippen molar-refractivity contribution >= 4 is 54.2 Å². The van der Waals surface area contributed by atoms with Crippen molar-refractivity contribution in [2.45, 2.75) is 90.3 Å². The van der Waals surface area contributed by atoms with Crippen LogP contribution in [0.4, 0.5) is 20.6 Å². The molecule has 1 aliphatic rings. The predicted molar refractivity (Wildman–Crippen MR) is 179 cm³/mol. The van der Waals surface area contributed by atoms with E-state index in [1.807, 2.05) is 0 Å². The summed E-state index contributed by atoms with van der Waals surface area (Å²) in [5.74, 6) is -1.16. The average Bonchev–Trinajstić information content (AvgIpc) is 3.53. The first-order chi connectivity index (χ1) is 21.4.